The topological polar surface area (TPSA) is 30.7 Å². The summed E-state index contributed by atoms with van der Waals surface area (Å²) in [6.45, 7) is 4.69. The first kappa shape index (κ1) is 27.9. The number of hydrogen-bond acceptors (Lipinski definition) is 2. The average molecular weight is 669 g/mol. The first-order chi connectivity index (χ1) is 23.0. The Hall–Kier alpha value is -5.32. The largest absolute Gasteiger partial charge is 0.308 e. The highest BCUT2D eigenvalue weighted by molar-refractivity contribution is 9.10. The lowest BCUT2D eigenvalue weighted by Gasteiger charge is -2.22. The average Bonchev–Trinajstić information content (AvgIpc) is 3.56. The molecule has 224 valence electrons. The second-order valence-electron chi connectivity index (χ2n) is 12.8. The minimum atomic E-state index is -0.0941. The van der Waals surface area contributed by atoms with Crippen molar-refractivity contribution in [3.8, 4) is 50.7 Å². The Morgan fingerprint density at radius 2 is 1.17 bits per heavy atom. The van der Waals surface area contributed by atoms with Crippen molar-refractivity contribution >= 4 is 37.7 Å². The summed E-state index contributed by atoms with van der Waals surface area (Å²) in [6, 6.07) is 51.6. The fourth-order valence-electron chi connectivity index (χ4n) is 7.33. The Balaban J connectivity index is 1.28. The Bertz CT molecular complexity index is 2440. The van der Waals surface area contributed by atoms with Crippen molar-refractivity contribution in [1.29, 1.82) is 0 Å². The zero-order valence-corrected chi connectivity index (χ0v) is 27.7. The van der Waals surface area contributed by atoms with Crippen molar-refractivity contribution in [2.75, 3.05) is 0 Å². The fourth-order valence-corrected chi connectivity index (χ4v) is 7.76. The van der Waals surface area contributed by atoms with Gasteiger partial charge in [-0.15, -0.1) is 0 Å². The maximum atomic E-state index is 5.13. The highest BCUT2D eigenvalue weighted by atomic mass is 79.9. The van der Waals surface area contributed by atoms with Gasteiger partial charge in [0, 0.05) is 37.4 Å². The molecule has 0 bridgehead atoms. The van der Waals surface area contributed by atoms with Crippen LogP contribution in [0.15, 0.2) is 150 Å². The number of para-hydroxylation sites is 1. The number of halogens is 1. The maximum Gasteiger partial charge on any atom is 0.160 e. The highest BCUT2D eigenvalue weighted by Crippen LogP contribution is 2.51. The van der Waals surface area contributed by atoms with Gasteiger partial charge in [0.05, 0.1) is 28.1 Å². The van der Waals surface area contributed by atoms with Crippen molar-refractivity contribution in [2.45, 2.75) is 19.3 Å². The molecule has 6 aromatic carbocycles. The monoisotopic (exact) mass is 667 g/mol. The molecule has 0 saturated heterocycles. The van der Waals surface area contributed by atoms with E-state index in [1.165, 1.54) is 44.1 Å². The third-order valence-corrected chi connectivity index (χ3v) is 10.4. The molecule has 8 aromatic rings. The second-order valence-corrected chi connectivity index (χ2v) is 13.7. The summed E-state index contributed by atoms with van der Waals surface area (Å²) in [5.41, 5.74) is 13.6. The molecule has 2 aromatic heterocycles. The highest BCUT2D eigenvalue weighted by Gasteiger charge is 2.36. The zero-order valence-electron chi connectivity index (χ0n) is 26.1. The number of aromatic nitrogens is 3. The van der Waals surface area contributed by atoms with E-state index in [0.717, 1.165) is 38.2 Å². The van der Waals surface area contributed by atoms with Gasteiger partial charge in [-0.2, -0.15) is 0 Å². The van der Waals surface area contributed by atoms with Gasteiger partial charge in [0.15, 0.2) is 5.82 Å². The molecule has 9 rings (SSSR count). The number of rotatable bonds is 4. The molecular formula is C43H30BrN3. The van der Waals surface area contributed by atoms with Crippen molar-refractivity contribution in [2.24, 2.45) is 0 Å². The summed E-state index contributed by atoms with van der Waals surface area (Å²) in [5.74, 6) is 0.709. The maximum absolute atomic E-state index is 5.13. The van der Waals surface area contributed by atoms with E-state index < -0.39 is 0 Å². The predicted molar refractivity (Wildman–Crippen MR) is 198 cm³/mol. The van der Waals surface area contributed by atoms with Crippen LogP contribution in [-0.4, -0.2) is 14.5 Å². The van der Waals surface area contributed by atoms with E-state index in [1.807, 2.05) is 24.3 Å². The molecule has 0 amide bonds. The first-order valence-corrected chi connectivity index (χ1v) is 16.7. The summed E-state index contributed by atoms with van der Waals surface area (Å²) >= 11 is 3.95. The number of hydrogen-bond donors (Lipinski definition) is 0. The lowest BCUT2D eigenvalue weighted by atomic mass is 9.82. The molecule has 0 fully saturated rings. The molecule has 1 aliphatic rings. The molecule has 0 radical (unpaired) electrons. The molecule has 4 heteroatoms. The van der Waals surface area contributed by atoms with Crippen LogP contribution in [0.25, 0.3) is 72.5 Å². The summed E-state index contributed by atoms with van der Waals surface area (Å²) in [7, 11) is 0. The van der Waals surface area contributed by atoms with Crippen LogP contribution in [0.5, 0.6) is 0 Å². The van der Waals surface area contributed by atoms with E-state index in [9.17, 15) is 0 Å². The van der Waals surface area contributed by atoms with Crippen molar-refractivity contribution in [3.05, 3.63) is 161 Å². The van der Waals surface area contributed by atoms with Crippen LogP contribution >= 0.6 is 15.9 Å². The van der Waals surface area contributed by atoms with Gasteiger partial charge in [-0.1, -0.05) is 123 Å². The van der Waals surface area contributed by atoms with E-state index in [2.05, 4.69) is 156 Å². The van der Waals surface area contributed by atoms with E-state index in [-0.39, 0.29) is 5.41 Å². The Morgan fingerprint density at radius 3 is 1.96 bits per heavy atom. The lowest BCUT2D eigenvalue weighted by Crippen LogP contribution is -2.15. The van der Waals surface area contributed by atoms with Crippen LogP contribution in [-0.2, 0) is 5.41 Å². The Labute approximate surface area is 282 Å². The van der Waals surface area contributed by atoms with Crippen molar-refractivity contribution < 1.29 is 0 Å². The third-order valence-electron chi connectivity index (χ3n) is 9.69. The summed E-state index contributed by atoms with van der Waals surface area (Å²) in [6.07, 6.45) is 0. The fraction of sp³-hybridized carbons (Fsp3) is 0.0698. The van der Waals surface area contributed by atoms with Crippen LogP contribution in [0, 0.1) is 0 Å². The van der Waals surface area contributed by atoms with E-state index >= 15 is 0 Å². The molecule has 0 aliphatic heterocycles. The van der Waals surface area contributed by atoms with Gasteiger partial charge < -0.3 is 4.57 Å². The van der Waals surface area contributed by atoms with Gasteiger partial charge in [-0.3, -0.25) is 0 Å². The van der Waals surface area contributed by atoms with E-state index in [0.29, 0.717) is 5.82 Å². The van der Waals surface area contributed by atoms with Crippen LogP contribution in [0.4, 0.5) is 0 Å². The Kier molecular flexibility index (Phi) is 6.31. The lowest BCUT2D eigenvalue weighted by molar-refractivity contribution is 0.661. The normalized spacial score (nSPS) is 13.2. The molecule has 0 atom stereocenters. The van der Waals surface area contributed by atoms with E-state index in [1.54, 1.807) is 0 Å². The second kappa shape index (κ2) is 10.6. The molecule has 0 unspecified atom stereocenters. The van der Waals surface area contributed by atoms with Gasteiger partial charge in [0.1, 0.15) is 0 Å². The van der Waals surface area contributed by atoms with Gasteiger partial charge in [-0.25, -0.2) is 9.97 Å². The number of benzene rings is 6. The molecule has 1 aliphatic carbocycles. The minimum Gasteiger partial charge on any atom is -0.308 e. The quantitative estimate of drug-likeness (QED) is 0.187. The van der Waals surface area contributed by atoms with Crippen LogP contribution in [0.2, 0.25) is 0 Å². The molecular weight excluding hydrogens is 638 g/mol. The summed E-state index contributed by atoms with van der Waals surface area (Å²) < 4.78 is 3.43. The van der Waals surface area contributed by atoms with Gasteiger partial charge in [0.25, 0.3) is 0 Å². The van der Waals surface area contributed by atoms with Crippen molar-refractivity contribution in [3.63, 3.8) is 0 Å². The minimum absolute atomic E-state index is 0.0941. The first-order valence-electron chi connectivity index (χ1n) is 16.0. The SMILES string of the molecule is CC1(C)c2ccccc2-c2cc3c4ccccc4n(-c4cc(-c5cc(-c6ccccc6)nc(-c6ccccc6)n5)ccc4Br)c3cc21. The molecule has 2 heterocycles. The van der Waals surface area contributed by atoms with Gasteiger partial charge in [0.2, 0.25) is 0 Å². The molecule has 0 N–H and O–H groups in total. The Morgan fingerprint density at radius 1 is 0.511 bits per heavy atom. The van der Waals surface area contributed by atoms with Gasteiger partial charge >= 0.3 is 0 Å². The van der Waals surface area contributed by atoms with Crippen LogP contribution in [0.1, 0.15) is 25.0 Å². The van der Waals surface area contributed by atoms with Crippen molar-refractivity contribution in [1.82, 2.24) is 14.5 Å². The molecule has 0 spiro atoms. The zero-order chi connectivity index (χ0) is 31.7. The number of nitrogens with zero attached hydrogens (tertiary/aromatic N) is 3. The van der Waals surface area contributed by atoms with Crippen LogP contribution < -0.4 is 0 Å². The number of fused-ring (bicyclic) bond motifs is 6. The molecule has 47 heavy (non-hydrogen) atoms. The third kappa shape index (κ3) is 4.39. The summed E-state index contributed by atoms with van der Waals surface area (Å²) in [4.78, 5) is 10.1. The predicted octanol–water partition coefficient (Wildman–Crippen LogP) is 11.6. The smallest absolute Gasteiger partial charge is 0.160 e. The summed E-state index contributed by atoms with van der Waals surface area (Å²) in [5, 5.41) is 2.49. The van der Waals surface area contributed by atoms with E-state index in [4.69, 9.17) is 9.97 Å². The molecule has 0 saturated carbocycles. The van der Waals surface area contributed by atoms with Gasteiger partial charge in [-0.05, 0) is 74.6 Å². The standard InChI is InChI=1S/C43H30BrN3/c1-43(2)34-19-11-9-17-30(34)32-24-33-31-18-10-12-20-39(31)47(40(33)25-35(32)43)41-23-29(21-22-36(41)44)38-26-37(27-13-5-3-6-14-27)45-42(46-38)28-15-7-4-8-16-28/h3-26H,1-2H3. The van der Waals surface area contributed by atoms with Crippen LogP contribution in [0.3, 0.4) is 0 Å². The molecule has 3 nitrogen and oxygen atoms in total.